The second kappa shape index (κ2) is 4.80. The Bertz CT molecular complexity index is 616. The molecule has 0 radical (unpaired) electrons. The van der Waals surface area contributed by atoms with Gasteiger partial charge in [-0.25, -0.2) is 4.79 Å². The van der Waals surface area contributed by atoms with Crippen molar-refractivity contribution in [2.75, 3.05) is 13.2 Å². The van der Waals surface area contributed by atoms with E-state index in [0.29, 0.717) is 18.9 Å². The lowest BCUT2D eigenvalue weighted by atomic mass is 10.0. The lowest BCUT2D eigenvalue weighted by Crippen LogP contribution is -2.06. The zero-order valence-electron chi connectivity index (χ0n) is 10.7. The van der Waals surface area contributed by atoms with Crippen LogP contribution in [-0.4, -0.2) is 24.2 Å². The molecule has 0 unspecified atom stereocenters. The molecule has 4 nitrogen and oxygen atoms in total. The van der Waals surface area contributed by atoms with Gasteiger partial charge < -0.3 is 14.5 Å². The van der Waals surface area contributed by atoms with Gasteiger partial charge in [-0.15, -0.1) is 0 Å². The lowest BCUT2D eigenvalue weighted by Gasteiger charge is -2.05. The molecule has 0 fully saturated rings. The number of rotatable bonds is 2. The SMILES string of the molecule is CCOC(=O)c1cc2c([nH]1)CCOc1ccccc1-2. The molecule has 0 atom stereocenters. The third kappa shape index (κ3) is 2.10. The summed E-state index contributed by atoms with van der Waals surface area (Å²) in [6.45, 7) is 2.78. The number of aromatic amines is 1. The van der Waals surface area contributed by atoms with Crippen LogP contribution in [-0.2, 0) is 11.2 Å². The Balaban J connectivity index is 2.06. The molecule has 3 rings (SSSR count). The number of esters is 1. The van der Waals surface area contributed by atoms with Gasteiger partial charge in [0.05, 0.1) is 13.2 Å². The Morgan fingerprint density at radius 3 is 3.05 bits per heavy atom. The van der Waals surface area contributed by atoms with Gasteiger partial charge >= 0.3 is 5.97 Å². The molecule has 0 saturated heterocycles. The highest BCUT2D eigenvalue weighted by Crippen LogP contribution is 2.35. The monoisotopic (exact) mass is 257 g/mol. The maximum Gasteiger partial charge on any atom is 0.354 e. The van der Waals surface area contributed by atoms with Gasteiger partial charge in [0.2, 0.25) is 0 Å². The minimum Gasteiger partial charge on any atom is -0.493 e. The highest BCUT2D eigenvalue weighted by Gasteiger charge is 2.20. The molecule has 1 aromatic carbocycles. The van der Waals surface area contributed by atoms with E-state index in [1.165, 1.54) is 0 Å². The zero-order chi connectivity index (χ0) is 13.2. The average Bonchev–Trinajstić information content (AvgIpc) is 2.77. The van der Waals surface area contributed by atoms with E-state index in [1.54, 1.807) is 6.92 Å². The van der Waals surface area contributed by atoms with Crippen LogP contribution in [0.25, 0.3) is 11.1 Å². The van der Waals surface area contributed by atoms with E-state index in [2.05, 4.69) is 4.98 Å². The minimum absolute atomic E-state index is 0.311. The molecule has 4 heteroatoms. The fourth-order valence-electron chi connectivity index (χ4n) is 2.33. The molecule has 0 saturated carbocycles. The van der Waals surface area contributed by atoms with E-state index in [-0.39, 0.29) is 5.97 Å². The van der Waals surface area contributed by atoms with Crippen LogP contribution < -0.4 is 4.74 Å². The Hall–Kier alpha value is -2.23. The van der Waals surface area contributed by atoms with Crippen LogP contribution in [0.2, 0.25) is 0 Å². The fraction of sp³-hybridized carbons (Fsp3) is 0.267. The van der Waals surface area contributed by atoms with Crippen molar-refractivity contribution in [2.24, 2.45) is 0 Å². The van der Waals surface area contributed by atoms with Gasteiger partial charge in [-0.3, -0.25) is 0 Å². The molecule has 1 aromatic heterocycles. The van der Waals surface area contributed by atoms with Crippen molar-refractivity contribution in [1.82, 2.24) is 4.98 Å². The molecule has 0 spiro atoms. The van der Waals surface area contributed by atoms with Crippen molar-refractivity contribution in [1.29, 1.82) is 0 Å². The van der Waals surface area contributed by atoms with Crippen LogP contribution in [0.5, 0.6) is 5.75 Å². The third-order valence-corrected chi connectivity index (χ3v) is 3.18. The van der Waals surface area contributed by atoms with Crippen molar-refractivity contribution in [3.63, 3.8) is 0 Å². The van der Waals surface area contributed by atoms with Crippen molar-refractivity contribution < 1.29 is 14.3 Å². The second-order valence-electron chi connectivity index (χ2n) is 4.39. The Morgan fingerprint density at radius 2 is 2.21 bits per heavy atom. The maximum absolute atomic E-state index is 11.8. The van der Waals surface area contributed by atoms with Gasteiger partial charge in [0.25, 0.3) is 0 Å². The van der Waals surface area contributed by atoms with E-state index in [0.717, 1.165) is 29.0 Å². The minimum atomic E-state index is -0.311. The highest BCUT2D eigenvalue weighted by atomic mass is 16.5. The van der Waals surface area contributed by atoms with E-state index < -0.39 is 0 Å². The molecule has 1 aliphatic heterocycles. The number of para-hydroxylation sites is 1. The first kappa shape index (κ1) is 11.8. The number of carbonyl (C=O) groups excluding carboxylic acids is 1. The molecule has 98 valence electrons. The molecule has 2 aromatic rings. The van der Waals surface area contributed by atoms with Gasteiger partial charge in [-0.2, -0.15) is 0 Å². The number of ether oxygens (including phenoxy) is 2. The highest BCUT2D eigenvalue weighted by molar-refractivity contribution is 5.90. The molecule has 19 heavy (non-hydrogen) atoms. The van der Waals surface area contributed by atoms with Crippen LogP contribution in [0.1, 0.15) is 23.1 Å². The first-order valence-corrected chi connectivity index (χ1v) is 6.41. The molecule has 0 bridgehead atoms. The number of benzene rings is 1. The van der Waals surface area contributed by atoms with Crippen molar-refractivity contribution in [2.45, 2.75) is 13.3 Å². The fourth-order valence-corrected chi connectivity index (χ4v) is 2.33. The number of H-pyrrole nitrogens is 1. The van der Waals surface area contributed by atoms with Crippen LogP contribution >= 0.6 is 0 Å². The molecule has 1 N–H and O–H groups in total. The standard InChI is InChI=1S/C15H15NO3/c1-2-18-15(17)13-9-11-10-5-3-4-6-14(10)19-8-7-12(11)16-13/h3-6,9,16H,2,7-8H2,1H3. The Labute approximate surface area is 111 Å². The van der Waals surface area contributed by atoms with E-state index in [9.17, 15) is 4.79 Å². The molecule has 0 amide bonds. The molecule has 2 heterocycles. The number of nitrogens with one attached hydrogen (secondary N) is 1. The largest absolute Gasteiger partial charge is 0.493 e. The second-order valence-corrected chi connectivity index (χ2v) is 4.39. The number of fused-ring (bicyclic) bond motifs is 3. The summed E-state index contributed by atoms with van der Waals surface area (Å²) < 4.78 is 10.7. The van der Waals surface area contributed by atoms with Crippen molar-refractivity contribution >= 4 is 5.97 Å². The summed E-state index contributed by atoms with van der Waals surface area (Å²) in [5, 5.41) is 0. The third-order valence-electron chi connectivity index (χ3n) is 3.18. The Kier molecular flexibility index (Phi) is 2.99. The lowest BCUT2D eigenvalue weighted by molar-refractivity contribution is 0.0520. The van der Waals surface area contributed by atoms with Gasteiger partial charge in [-0.1, -0.05) is 18.2 Å². The summed E-state index contributed by atoms with van der Waals surface area (Å²) in [4.78, 5) is 14.9. The van der Waals surface area contributed by atoms with E-state index >= 15 is 0 Å². The van der Waals surface area contributed by atoms with Gasteiger partial charge in [0.15, 0.2) is 0 Å². The van der Waals surface area contributed by atoms with Gasteiger partial charge in [0.1, 0.15) is 11.4 Å². The van der Waals surface area contributed by atoms with Gasteiger partial charge in [0, 0.05) is 23.2 Å². The van der Waals surface area contributed by atoms with Crippen LogP contribution in [0.4, 0.5) is 0 Å². The quantitative estimate of drug-likeness (QED) is 0.842. The zero-order valence-corrected chi connectivity index (χ0v) is 10.7. The number of hydrogen-bond acceptors (Lipinski definition) is 3. The predicted molar refractivity (Wildman–Crippen MR) is 71.4 cm³/mol. The topological polar surface area (TPSA) is 51.3 Å². The molecule has 1 aliphatic rings. The maximum atomic E-state index is 11.8. The predicted octanol–water partition coefficient (Wildman–Crippen LogP) is 2.79. The van der Waals surface area contributed by atoms with Crippen LogP contribution in [0.15, 0.2) is 30.3 Å². The molecular formula is C15H15NO3. The summed E-state index contributed by atoms with van der Waals surface area (Å²) in [5.74, 6) is 0.546. The van der Waals surface area contributed by atoms with Crippen molar-refractivity contribution in [3.05, 3.63) is 41.7 Å². The van der Waals surface area contributed by atoms with Crippen molar-refractivity contribution in [3.8, 4) is 16.9 Å². The Morgan fingerprint density at radius 1 is 1.37 bits per heavy atom. The first-order chi connectivity index (χ1) is 9.29. The summed E-state index contributed by atoms with van der Waals surface area (Å²) in [5.41, 5.74) is 3.56. The summed E-state index contributed by atoms with van der Waals surface area (Å²) >= 11 is 0. The van der Waals surface area contributed by atoms with Gasteiger partial charge in [-0.05, 0) is 19.1 Å². The summed E-state index contributed by atoms with van der Waals surface area (Å²) in [7, 11) is 0. The first-order valence-electron chi connectivity index (χ1n) is 6.41. The molecule has 0 aliphatic carbocycles. The average molecular weight is 257 g/mol. The smallest absolute Gasteiger partial charge is 0.354 e. The molecular weight excluding hydrogens is 242 g/mol. The van der Waals surface area contributed by atoms with E-state index in [4.69, 9.17) is 9.47 Å². The van der Waals surface area contributed by atoms with Crippen LogP contribution in [0.3, 0.4) is 0 Å². The summed E-state index contributed by atoms with van der Waals surface area (Å²) in [6.07, 6.45) is 0.753. The van der Waals surface area contributed by atoms with E-state index in [1.807, 2.05) is 30.3 Å². The normalized spacial score (nSPS) is 12.9. The summed E-state index contributed by atoms with van der Waals surface area (Å²) in [6, 6.07) is 9.71. The number of hydrogen-bond donors (Lipinski definition) is 1. The number of aromatic nitrogens is 1. The number of carbonyl (C=O) groups is 1. The van der Waals surface area contributed by atoms with Crippen LogP contribution in [0, 0.1) is 0 Å².